The summed E-state index contributed by atoms with van der Waals surface area (Å²) >= 11 is 2.72. The first-order valence-electron chi connectivity index (χ1n) is 5.38. The fourth-order valence-corrected chi connectivity index (χ4v) is 3.24. The first kappa shape index (κ1) is 12.9. The Morgan fingerprint density at radius 2 is 2.11 bits per heavy atom. The van der Waals surface area contributed by atoms with Crippen molar-refractivity contribution in [3.8, 4) is 6.07 Å². The number of rotatable bonds is 4. The van der Waals surface area contributed by atoms with E-state index in [-0.39, 0.29) is 5.25 Å². The van der Waals surface area contributed by atoms with Crippen LogP contribution in [0.4, 0.5) is 5.13 Å². The van der Waals surface area contributed by atoms with Gasteiger partial charge in [0.25, 0.3) is 0 Å². The number of benzene rings is 1. The molecule has 6 heteroatoms. The fourth-order valence-electron chi connectivity index (χ4n) is 1.44. The number of nitriles is 1. The van der Waals surface area contributed by atoms with Crippen LogP contribution in [0, 0.1) is 18.3 Å². The lowest BCUT2D eigenvalue weighted by Crippen LogP contribution is -2.03. The Balaban J connectivity index is 2.02. The second-order valence-electron chi connectivity index (χ2n) is 3.83. The normalized spacial score (nSPS) is 12.0. The fraction of sp³-hybridized carbons (Fsp3) is 0.250. The Morgan fingerprint density at radius 1 is 1.39 bits per heavy atom. The number of hydrogen-bond acceptors (Lipinski definition) is 6. The molecule has 0 fully saturated rings. The minimum absolute atomic E-state index is 0.167. The van der Waals surface area contributed by atoms with E-state index in [2.05, 4.69) is 40.5 Å². The number of aryl methyl sites for hydroxylation is 1. The van der Waals surface area contributed by atoms with Crippen LogP contribution in [-0.2, 0) is 6.42 Å². The lowest BCUT2D eigenvalue weighted by Gasteiger charge is -2.06. The molecule has 92 valence electrons. The van der Waals surface area contributed by atoms with E-state index < -0.39 is 0 Å². The maximum atomic E-state index is 9.16. The largest absolute Gasteiger partial charge is 0.374 e. The molecule has 0 radical (unpaired) electrons. The first-order valence-corrected chi connectivity index (χ1v) is 7.08. The molecular weight excluding hydrogens is 264 g/mol. The first-order chi connectivity index (χ1) is 8.67. The lowest BCUT2D eigenvalue weighted by atomic mass is 10.1. The Morgan fingerprint density at radius 3 is 2.67 bits per heavy atom. The number of thioether (sulfide) groups is 1. The SMILES string of the molecule is Cc1ccc(C[C@H](C#N)Sc2nnc(N)s2)cc1. The summed E-state index contributed by atoms with van der Waals surface area (Å²) in [6.07, 6.45) is 0.695. The molecule has 1 heterocycles. The van der Waals surface area contributed by atoms with E-state index in [4.69, 9.17) is 11.0 Å². The molecule has 2 rings (SSSR count). The van der Waals surface area contributed by atoms with Crippen LogP contribution >= 0.6 is 23.1 Å². The highest BCUT2D eigenvalue weighted by Gasteiger charge is 2.13. The standard InChI is InChI=1S/C12H12N4S2/c1-8-2-4-9(5-3-8)6-10(7-13)17-12-16-15-11(14)18-12/h2-5,10H,6H2,1H3,(H2,14,15)/t10-/m1/s1. The molecule has 4 nitrogen and oxygen atoms in total. The molecule has 0 bridgehead atoms. The molecule has 0 saturated heterocycles. The van der Waals surface area contributed by atoms with Crippen molar-refractivity contribution < 1.29 is 0 Å². The highest BCUT2D eigenvalue weighted by atomic mass is 32.2. The van der Waals surface area contributed by atoms with Gasteiger partial charge in [0.2, 0.25) is 5.13 Å². The molecule has 0 aliphatic rings. The number of nitrogens with zero attached hydrogens (tertiary/aromatic N) is 3. The van der Waals surface area contributed by atoms with E-state index in [1.165, 1.54) is 28.7 Å². The van der Waals surface area contributed by atoms with E-state index in [1.54, 1.807) is 0 Å². The quantitative estimate of drug-likeness (QED) is 0.869. The van der Waals surface area contributed by atoms with Crippen LogP contribution in [0.3, 0.4) is 0 Å². The number of hydrogen-bond donors (Lipinski definition) is 1. The van der Waals surface area contributed by atoms with Crippen LogP contribution in [0.1, 0.15) is 11.1 Å². The van der Waals surface area contributed by atoms with Gasteiger partial charge in [0, 0.05) is 0 Å². The van der Waals surface area contributed by atoms with Gasteiger partial charge in [0.15, 0.2) is 4.34 Å². The smallest absolute Gasteiger partial charge is 0.203 e. The summed E-state index contributed by atoms with van der Waals surface area (Å²) in [6, 6.07) is 10.5. The van der Waals surface area contributed by atoms with E-state index in [9.17, 15) is 0 Å². The molecule has 1 atom stereocenters. The second kappa shape index (κ2) is 5.85. The summed E-state index contributed by atoms with van der Waals surface area (Å²) in [5, 5.41) is 17.1. The Kier molecular flexibility index (Phi) is 4.18. The Labute approximate surface area is 114 Å². The van der Waals surface area contributed by atoms with Gasteiger partial charge in [-0.25, -0.2) is 0 Å². The highest BCUT2D eigenvalue weighted by Crippen LogP contribution is 2.29. The van der Waals surface area contributed by atoms with Gasteiger partial charge in [0.05, 0.1) is 6.07 Å². The third-order valence-electron chi connectivity index (χ3n) is 2.35. The molecule has 18 heavy (non-hydrogen) atoms. The van der Waals surface area contributed by atoms with Gasteiger partial charge in [-0.2, -0.15) is 5.26 Å². The summed E-state index contributed by atoms with van der Waals surface area (Å²) in [5.74, 6) is 0. The molecule has 1 aromatic heterocycles. The summed E-state index contributed by atoms with van der Waals surface area (Å²) < 4.78 is 0.742. The molecule has 2 aromatic rings. The van der Waals surface area contributed by atoms with Crippen LogP contribution in [-0.4, -0.2) is 15.4 Å². The molecule has 0 saturated carbocycles. The van der Waals surface area contributed by atoms with Crippen molar-refractivity contribution in [1.29, 1.82) is 5.26 Å². The number of nitrogens with two attached hydrogens (primary N) is 1. The molecule has 0 amide bonds. The number of nitrogen functional groups attached to an aromatic ring is 1. The Bertz CT molecular complexity index is 556. The van der Waals surface area contributed by atoms with E-state index in [1.807, 2.05) is 6.92 Å². The third kappa shape index (κ3) is 3.45. The molecule has 0 aliphatic carbocycles. The van der Waals surface area contributed by atoms with Gasteiger partial charge >= 0.3 is 0 Å². The predicted molar refractivity (Wildman–Crippen MR) is 74.5 cm³/mol. The summed E-state index contributed by atoms with van der Waals surface area (Å²) in [6.45, 7) is 2.05. The summed E-state index contributed by atoms with van der Waals surface area (Å²) in [7, 11) is 0. The van der Waals surface area contributed by atoms with E-state index >= 15 is 0 Å². The zero-order valence-electron chi connectivity index (χ0n) is 9.83. The van der Waals surface area contributed by atoms with E-state index in [0.717, 1.165) is 9.90 Å². The van der Waals surface area contributed by atoms with Crippen molar-refractivity contribution in [2.24, 2.45) is 0 Å². The molecule has 2 N–H and O–H groups in total. The van der Waals surface area contributed by atoms with Gasteiger partial charge in [0.1, 0.15) is 5.25 Å². The third-order valence-corrected chi connectivity index (χ3v) is 4.28. The van der Waals surface area contributed by atoms with Crippen LogP contribution in [0.5, 0.6) is 0 Å². The topological polar surface area (TPSA) is 75.6 Å². The number of anilines is 1. The maximum Gasteiger partial charge on any atom is 0.203 e. The lowest BCUT2D eigenvalue weighted by molar-refractivity contribution is 0.992. The van der Waals surface area contributed by atoms with Crippen LogP contribution in [0.2, 0.25) is 0 Å². The van der Waals surface area contributed by atoms with Gasteiger partial charge in [-0.1, -0.05) is 52.9 Å². The molecular formula is C12H12N4S2. The minimum Gasteiger partial charge on any atom is -0.374 e. The number of aromatic nitrogens is 2. The summed E-state index contributed by atoms with van der Waals surface area (Å²) in [4.78, 5) is 0. The maximum absolute atomic E-state index is 9.16. The zero-order valence-corrected chi connectivity index (χ0v) is 11.5. The van der Waals surface area contributed by atoms with Crippen LogP contribution in [0.15, 0.2) is 28.6 Å². The minimum atomic E-state index is -0.167. The van der Waals surface area contributed by atoms with Gasteiger partial charge in [-0.3, -0.25) is 0 Å². The predicted octanol–water partition coefficient (Wildman–Crippen LogP) is 2.66. The van der Waals surface area contributed by atoms with E-state index in [0.29, 0.717) is 11.6 Å². The van der Waals surface area contributed by atoms with Gasteiger partial charge in [-0.15, -0.1) is 10.2 Å². The molecule has 0 aliphatic heterocycles. The van der Waals surface area contributed by atoms with Gasteiger partial charge < -0.3 is 5.73 Å². The van der Waals surface area contributed by atoms with Gasteiger partial charge in [-0.05, 0) is 18.9 Å². The summed E-state index contributed by atoms with van der Waals surface area (Å²) in [5.41, 5.74) is 7.88. The van der Waals surface area contributed by atoms with Crippen molar-refractivity contribution in [2.45, 2.75) is 22.9 Å². The second-order valence-corrected chi connectivity index (χ2v) is 6.29. The average molecular weight is 276 g/mol. The Hall–Kier alpha value is -1.58. The monoisotopic (exact) mass is 276 g/mol. The zero-order chi connectivity index (χ0) is 13.0. The highest BCUT2D eigenvalue weighted by molar-refractivity contribution is 8.01. The van der Waals surface area contributed by atoms with Crippen molar-refractivity contribution in [1.82, 2.24) is 10.2 Å². The van der Waals surface area contributed by atoms with Crippen molar-refractivity contribution in [3.05, 3.63) is 35.4 Å². The molecule has 0 unspecified atom stereocenters. The average Bonchev–Trinajstić information content (AvgIpc) is 2.77. The van der Waals surface area contributed by atoms with Crippen LogP contribution in [0.25, 0.3) is 0 Å². The van der Waals surface area contributed by atoms with Crippen molar-refractivity contribution >= 4 is 28.2 Å². The van der Waals surface area contributed by atoms with Crippen molar-refractivity contribution in [3.63, 3.8) is 0 Å². The van der Waals surface area contributed by atoms with Crippen molar-refractivity contribution in [2.75, 3.05) is 5.73 Å². The molecule has 1 aromatic carbocycles. The molecule has 0 spiro atoms. The van der Waals surface area contributed by atoms with Crippen LogP contribution < -0.4 is 5.73 Å².